The minimum Gasteiger partial charge on any atom is -0.309 e. The molecule has 64 heavy (non-hydrogen) atoms. The van der Waals surface area contributed by atoms with E-state index in [2.05, 4.69) is 262 Å². The quantitative estimate of drug-likeness (QED) is 0.155. The first kappa shape index (κ1) is 42.6. The summed E-state index contributed by atoms with van der Waals surface area (Å²) in [7, 11) is 0. The normalized spacial score (nSPS) is 12.2. The standard InChI is InChI=1S/C63H61N/c1-42-27-35-55(48-38-50(62(5,6)7)40-51(39-48)63(8,9)10)60-53(42)24-18-25-57(60)56-23-16-17-26-58(56)64(59-41-49(61(2,3)4)32-36-54(59)45-20-12-11-13-21-45)52-33-30-44(31-34-52)47-29-28-43-19-14-15-22-46(43)37-47/h11-41H,1-10H3. The van der Waals surface area contributed by atoms with Gasteiger partial charge < -0.3 is 4.90 Å². The molecule has 0 saturated carbocycles. The molecule has 0 saturated heterocycles. The molecule has 0 amide bonds. The van der Waals surface area contributed by atoms with E-state index in [9.17, 15) is 0 Å². The molecule has 0 fully saturated rings. The molecule has 9 aromatic carbocycles. The third-order valence-corrected chi connectivity index (χ3v) is 13.1. The third kappa shape index (κ3) is 8.28. The second kappa shape index (κ2) is 16.5. The van der Waals surface area contributed by atoms with Gasteiger partial charge in [0, 0.05) is 16.8 Å². The Balaban J connectivity index is 1.32. The first-order valence-electron chi connectivity index (χ1n) is 22.9. The van der Waals surface area contributed by atoms with Crippen molar-refractivity contribution >= 4 is 38.6 Å². The maximum atomic E-state index is 2.52. The smallest absolute Gasteiger partial charge is 0.0543 e. The number of nitrogens with zero attached hydrogens (tertiary/aromatic N) is 1. The maximum absolute atomic E-state index is 2.52. The molecule has 318 valence electrons. The van der Waals surface area contributed by atoms with Crippen LogP contribution in [0.1, 0.15) is 84.6 Å². The molecule has 0 unspecified atom stereocenters. The average molecular weight is 832 g/mol. The van der Waals surface area contributed by atoms with Crippen LogP contribution in [-0.4, -0.2) is 0 Å². The van der Waals surface area contributed by atoms with Gasteiger partial charge in [-0.2, -0.15) is 0 Å². The molecule has 0 radical (unpaired) electrons. The molecule has 0 spiro atoms. The summed E-state index contributed by atoms with van der Waals surface area (Å²) < 4.78 is 0. The zero-order chi connectivity index (χ0) is 45.0. The van der Waals surface area contributed by atoms with Gasteiger partial charge >= 0.3 is 0 Å². The molecular weight excluding hydrogens is 771 g/mol. The molecule has 0 aliphatic heterocycles. The highest BCUT2D eigenvalue weighted by Gasteiger charge is 2.26. The Morgan fingerprint density at radius 1 is 0.328 bits per heavy atom. The zero-order valence-electron chi connectivity index (χ0n) is 39.3. The molecule has 9 aromatic rings. The second-order valence-electron chi connectivity index (χ2n) is 20.8. The molecule has 0 heterocycles. The van der Waals surface area contributed by atoms with Crippen molar-refractivity contribution in [3.05, 3.63) is 210 Å². The number of aryl methyl sites for hydroxylation is 1. The molecule has 0 bridgehead atoms. The van der Waals surface area contributed by atoms with E-state index in [1.165, 1.54) is 88.3 Å². The Morgan fingerprint density at radius 3 is 1.61 bits per heavy atom. The van der Waals surface area contributed by atoms with Crippen molar-refractivity contribution < 1.29 is 0 Å². The molecule has 0 aliphatic carbocycles. The summed E-state index contributed by atoms with van der Waals surface area (Å²) in [5, 5.41) is 5.05. The second-order valence-corrected chi connectivity index (χ2v) is 20.8. The summed E-state index contributed by atoms with van der Waals surface area (Å²) in [5.41, 5.74) is 18.3. The van der Waals surface area contributed by atoms with Crippen LogP contribution in [0, 0.1) is 6.92 Å². The average Bonchev–Trinajstić information content (AvgIpc) is 3.28. The highest BCUT2D eigenvalue weighted by molar-refractivity contribution is 6.10. The van der Waals surface area contributed by atoms with Gasteiger partial charge in [0.05, 0.1) is 11.4 Å². The van der Waals surface area contributed by atoms with Gasteiger partial charge in [0.25, 0.3) is 0 Å². The number of fused-ring (bicyclic) bond motifs is 2. The van der Waals surface area contributed by atoms with Crippen LogP contribution in [0.3, 0.4) is 0 Å². The zero-order valence-corrected chi connectivity index (χ0v) is 39.3. The van der Waals surface area contributed by atoms with E-state index in [-0.39, 0.29) is 16.2 Å². The van der Waals surface area contributed by atoms with Crippen LogP contribution in [-0.2, 0) is 16.2 Å². The number of rotatable bonds is 7. The third-order valence-electron chi connectivity index (χ3n) is 13.1. The first-order valence-corrected chi connectivity index (χ1v) is 22.9. The summed E-state index contributed by atoms with van der Waals surface area (Å²) in [5.74, 6) is 0. The molecular formula is C63H61N. The van der Waals surface area contributed by atoms with E-state index in [1.807, 2.05) is 0 Å². The van der Waals surface area contributed by atoms with E-state index >= 15 is 0 Å². The largest absolute Gasteiger partial charge is 0.309 e. The highest BCUT2D eigenvalue weighted by Crippen LogP contribution is 2.49. The van der Waals surface area contributed by atoms with Gasteiger partial charge in [0.1, 0.15) is 0 Å². The van der Waals surface area contributed by atoms with Gasteiger partial charge in [-0.25, -0.2) is 0 Å². The van der Waals surface area contributed by atoms with Crippen LogP contribution in [0.15, 0.2) is 188 Å². The van der Waals surface area contributed by atoms with Gasteiger partial charge in [-0.15, -0.1) is 0 Å². The molecule has 0 atom stereocenters. The lowest BCUT2D eigenvalue weighted by Crippen LogP contribution is -2.16. The number of para-hydroxylation sites is 1. The van der Waals surface area contributed by atoms with E-state index in [1.54, 1.807) is 0 Å². The Hall–Kier alpha value is -6.70. The van der Waals surface area contributed by atoms with Crippen LogP contribution in [0.5, 0.6) is 0 Å². The molecule has 0 aliphatic rings. The number of anilines is 3. The van der Waals surface area contributed by atoms with E-state index in [0.717, 1.165) is 17.1 Å². The summed E-state index contributed by atoms with van der Waals surface area (Å²) in [6.45, 7) is 23.2. The fourth-order valence-electron chi connectivity index (χ4n) is 9.19. The van der Waals surface area contributed by atoms with Crippen molar-refractivity contribution in [2.75, 3.05) is 4.90 Å². The maximum Gasteiger partial charge on any atom is 0.0543 e. The predicted molar refractivity (Wildman–Crippen MR) is 279 cm³/mol. The van der Waals surface area contributed by atoms with Crippen molar-refractivity contribution in [2.45, 2.75) is 85.5 Å². The van der Waals surface area contributed by atoms with Crippen LogP contribution in [0.2, 0.25) is 0 Å². The SMILES string of the molecule is Cc1ccc(-c2cc(C(C)(C)C)cc(C(C)(C)C)c2)c2c(-c3ccccc3N(c3ccc(-c4ccc5ccccc5c4)cc3)c3cc(C(C)(C)C)ccc3-c3ccccc3)cccc12. The van der Waals surface area contributed by atoms with E-state index < -0.39 is 0 Å². The lowest BCUT2D eigenvalue weighted by Gasteiger charge is -2.32. The fraction of sp³-hybridized carbons (Fsp3) is 0.206. The number of hydrogen-bond acceptors (Lipinski definition) is 1. The summed E-state index contributed by atoms with van der Waals surface area (Å²) in [6, 6.07) is 70.4. The Labute approximate surface area is 382 Å². The molecule has 9 rings (SSSR count). The van der Waals surface area contributed by atoms with Crippen molar-refractivity contribution in [3.63, 3.8) is 0 Å². The minimum absolute atomic E-state index is 0.00561. The predicted octanol–water partition coefficient (Wildman–Crippen LogP) is 18.3. The van der Waals surface area contributed by atoms with Crippen LogP contribution >= 0.6 is 0 Å². The Kier molecular flexibility index (Phi) is 10.9. The van der Waals surface area contributed by atoms with Crippen molar-refractivity contribution in [1.82, 2.24) is 0 Å². The summed E-state index contributed by atoms with van der Waals surface area (Å²) >= 11 is 0. The Bertz CT molecular complexity index is 3110. The van der Waals surface area contributed by atoms with Gasteiger partial charge in [0.2, 0.25) is 0 Å². The van der Waals surface area contributed by atoms with E-state index in [4.69, 9.17) is 0 Å². The molecule has 0 aromatic heterocycles. The van der Waals surface area contributed by atoms with Crippen LogP contribution in [0.4, 0.5) is 17.1 Å². The van der Waals surface area contributed by atoms with Gasteiger partial charge in [-0.05, 0) is 131 Å². The van der Waals surface area contributed by atoms with Crippen LogP contribution < -0.4 is 4.90 Å². The summed E-state index contributed by atoms with van der Waals surface area (Å²) in [4.78, 5) is 2.52. The summed E-state index contributed by atoms with van der Waals surface area (Å²) in [6.07, 6.45) is 0. The molecule has 1 nitrogen and oxygen atoms in total. The lowest BCUT2D eigenvalue weighted by atomic mass is 9.78. The van der Waals surface area contributed by atoms with Crippen molar-refractivity contribution in [2.24, 2.45) is 0 Å². The van der Waals surface area contributed by atoms with Crippen LogP contribution in [0.25, 0.3) is 66.1 Å². The van der Waals surface area contributed by atoms with Gasteiger partial charge in [0.15, 0.2) is 0 Å². The lowest BCUT2D eigenvalue weighted by molar-refractivity contribution is 0.569. The molecule has 1 heteroatoms. The first-order chi connectivity index (χ1) is 30.5. The monoisotopic (exact) mass is 831 g/mol. The number of benzene rings is 9. The Morgan fingerprint density at radius 2 is 0.922 bits per heavy atom. The van der Waals surface area contributed by atoms with Gasteiger partial charge in [-0.3, -0.25) is 0 Å². The number of hydrogen-bond donors (Lipinski definition) is 0. The van der Waals surface area contributed by atoms with Crippen molar-refractivity contribution in [3.8, 4) is 44.5 Å². The minimum atomic E-state index is -0.0648. The molecule has 0 N–H and O–H groups in total. The van der Waals surface area contributed by atoms with Gasteiger partial charge in [-0.1, -0.05) is 220 Å². The van der Waals surface area contributed by atoms with Crippen molar-refractivity contribution in [1.29, 1.82) is 0 Å². The highest BCUT2D eigenvalue weighted by atomic mass is 15.1. The topological polar surface area (TPSA) is 3.24 Å². The van der Waals surface area contributed by atoms with E-state index in [0.29, 0.717) is 0 Å². The fourth-order valence-corrected chi connectivity index (χ4v) is 9.19.